The minimum Gasteiger partial charge on any atom is -0.349 e. The first-order valence-electron chi connectivity index (χ1n) is 7.49. The van der Waals surface area contributed by atoms with E-state index in [1.807, 2.05) is 0 Å². The maximum atomic E-state index is 13.3. The zero-order valence-corrected chi connectivity index (χ0v) is 13.5. The lowest BCUT2D eigenvalue weighted by Crippen LogP contribution is -2.36. The molecule has 2 heterocycles. The number of aromatic nitrogens is 1. The number of aromatic amines is 1. The number of hydrogen-bond acceptors (Lipinski definition) is 2. The van der Waals surface area contributed by atoms with Gasteiger partial charge in [0.05, 0.1) is 5.02 Å². The Morgan fingerprint density at radius 1 is 1.17 bits per heavy atom. The first-order valence-corrected chi connectivity index (χ1v) is 7.86. The molecule has 5 nitrogen and oxygen atoms in total. The van der Waals surface area contributed by atoms with Gasteiger partial charge in [-0.3, -0.25) is 9.59 Å². The summed E-state index contributed by atoms with van der Waals surface area (Å²) < 4.78 is 13.3. The summed E-state index contributed by atoms with van der Waals surface area (Å²) >= 11 is 6.25. The molecule has 23 heavy (non-hydrogen) atoms. The Labute approximate surface area is 138 Å². The topological polar surface area (TPSA) is 56.4 Å². The van der Waals surface area contributed by atoms with Gasteiger partial charge in [0.2, 0.25) is 5.91 Å². The molecule has 0 radical (unpaired) electrons. The quantitative estimate of drug-likeness (QED) is 0.869. The Bertz CT molecular complexity index is 774. The summed E-state index contributed by atoms with van der Waals surface area (Å²) in [6.07, 6.45) is 0.720. The SMILES string of the molecule is CC(=O)N1CCCN(C(=O)c2[nH]c3ccc(F)cc3c2Cl)CC1. The summed E-state index contributed by atoms with van der Waals surface area (Å²) in [7, 11) is 0. The van der Waals surface area contributed by atoms with E-state index in [1.165, 1.54) is 19.1 Å². The predicted octanol–water partition coefficient (Wildman–Crippen LogP) is 2.65. The minimum atomic E-state index is -0.399. The number of rotatable bonds is 1. The molecule has 3 rings (SSSR count). The smallest absolute Gasteiger partial charge is 0.271 e. The maximum absolute atomic E-state index is 13.3. The molecule has 1 aliphatic heterocycles. The van der Waals surface area contributed by atoms with Crippen molar-refractivity contribution >= 4 is 34.3 Å². The van der Waals surface area contributed by atoms with Crippen molar-refractivity contribution in [1.82, 2.24) is 14.8 Å². The summed E-state index contributed by atoms with van der Waals surface area (Å²) in [5.41, 5.74) is 0.892. The molecule has 0 spiro atoms. The number of carbonyl (C=O) groups is 2. The molecule has 2 aromatic rings. The third-order valence-electron chi connectivity index (χ3n) is 4.14. The predicted molar refractivity (Wildman–Crippen MR) is 86.0 cm³/mol. The van der Waals surface area contributed by atoms with E-state index in [-0.39, 0.29) is 22.5 Å². The van der Waals surface area contributed by atoms with Crippen LogP contribution in [0.3, 0.4) is 0 Å². The number of nitrogens with one attached hydrogen (secondary N) is 1. The molecule has 0 atom stereocenters. The first kappa shape index (κ1) is 15.8. The van der Waals surface area contributed by atoms with Crippen molar-refractivity contribution < 1.29 is 14.0 Å². The largest absolute Gasteiger partial charge is 0.349 e. The second kappa shape index (κ2) is 6.20. The van der Waals surface area contributed by atoms with Gasteiger partial charge in [-0.25, -0.2) is 4.39 Å². The van der Waals surface area contributed by atoms with Crippen LogP contribution in [0.4, 0.5) is 4.39 Å². The zero-order valence-electron chi connectivity index (χ0n) is 12.7. The van der Waals surface area contributed by atoms with Crippen LogP contribution in [0.5, 0.6) is 0 Å². The summed E-state index contributed by atoms with van der Waals surface area (Å²) in [5.74, 6) is -0.611. The lowest BCUT2D eigenvalue weighted by atomic mass is 10.2. The Morgan fingerprint density at radius 2 is 1.87 bits per heavy atom. The number of amides is 2. The minimum absolute atomic E-state index is 0.0124. The monoisotopic (exact) mass is 337 g/mol. The van der Waals surface area contributed by atoms with Crippen LogP contribution < -0.4 is 0 Å². The van der Waals surface area contributed by atoms with E-state index in [9.17, 15) is 14.0 Å². The van der Waals surface area contributed by atoms with E-state index in [1.54, 1.807) is 15.9 Å². The van der Waals surface area contributed by atoms with Gasteiger partial charge in [0.1, 0.15) is 11.5 Å². The average Bonchev–Trinajstić information content (AvgIpc) is 2.72. The van der Waals surface area contributed by atoms with Crippen molar-refractivity contribution in [3.05, 3.63) is 34.7 Å². The van der Waals surface area contributed by atoms with Crippen LogP contribution >= 0.6 is 11.6 Å². The Morgan fingerprint density at radius 3 is 2.61 bits per heavy atom. The number of H-pyrrole nitrogens is 1. The van der Waals surface area contributed by atoms with Gasteiger partial charge in [-0.15, -0.1) is 0 Å². The fraction of sp³-hybridized carbons (Fsp3) is 0.375. The van der Waals surface area contributed by atoms with Crippen molar-refractivity contribution in [2.24, 2.45) is 0 Å². The lowest BCUT2D eigenvalue weighted by Gasteiger charge is -2.21. The molecule has 0 bridgehead atoms. The summed E-state index contributed by atoms with van der Waals surface area (Å²) in [5, 5.41) is 0.729. The third-order valence-corrected chi connectivity index (χ3v) is 4.53. The van der Waals surface area contributed by atoms with E-state index in [0.29, 0.717) is 37.1 Å². The standard InChI is InChI=1S/C16H17ClFN3O2/c1-10(22)20-5-2-6-21(8-7-20)16(23)15-14(17)12-9-11(18)3-4-13(12)19-15/h3-4,9,19H,2,5-8H2,1H3. The van der Waals surface area contributed by atoms with Crippen LogP contribution in [-0.4, -0.2) is 52.8 Å². The second-order valence-electron chi connectivity index (χ2n) is 5.66. The van der Waals surface area contributed by atoms with Crippen LogP contribution in [0.25, 0.3) is 10.9 Å². The van der Waals surface area contributed by atoms with Gasteiger partial charge in [-0.2, -0.15) is 0 Å². The molecule has 1 aromatic heterocycles. The van der Waals surface area contributed by atoms with Gasteiger partial charge in [0.15, 0.2) is 0 Å². The molecule has 1 fully saturated rings. The average molecular weight is 338 g/mol. The van der Waals surface area contributed by atoms with Crippen LogP contribution in [0.1, 0.15) is 23.8 Å². The fourth-order valence-corrected chi connectivity index (χ4v) is 3.16. The summed E-state index contributed by atoms with van der Waals surface area (Å²) in [4.78, 5) is 30.6. The second-order valence-corrected chi connectivity index (χ2v) is 6.03. The molecule has 0 aliphatic carbocycles. The van der Waals surface area contributed by atoms with Gasteiger partial charge in [0.25, 0.3) is 5.91 Å². The molecule has 1 N–H and O–H groups in total. The van der Waals surface area contributed by atoms with Gasteiger partial charge in [-0.05, 0) is 24.6 Å². The molecule has 2 amide bonds. The van der Waals surface area contributed by atoms with Crippen molar-refractivity contribution in [2.45, 2.75) is 13.3 Å². The van der Waals surface area contributed by atoms with Crippen LogP contribution in [-0.2, 0) is 4.79 Å². The molecule has 0 saturated carbocycles. The highest BCUT2D eigenvalue weighted by molar-refractivity contribution is 6.38. The van der Waals surface area contributed by atoms with Gasteiger partial charge in [-0.1, -0.05) is 11.6 Å². The molecule has 122 valence electrons. The number of fused-ring (bicyclic) bond motifs is 1. The van der Waals surface area contributed by atoms with Crippen LogP contribution in [0.2, 0.25) is 5.02 Å². The number of nitrogens with zero attached hydrogens (tertiary/aromatic N) is 2. The van der Waals surface area contributed by atoms with E-state index >= 15 is 0 Å². The molecular formula is C16H17ClFN3O2. The number of hydrogen-bond donors (Lipinski definition) is 1. The van der Waals surface area contributed by atoms with E-state index in [2.05, 4.69) is 4.98 Å². The maximum Gasteiger partial charge on any atom is 0.271 e. The van der Waals surface area contributed by atoms with Crippen molar-refractivity contribution in [2.75, 3.05) is 26.2 Å². The highest BCUT2D eigenvalue weighted by Gasteiger charge is 2.25. The number of benzene rings is 1. The number of carbonyl (C=O) groups excluding carboxylic acids is 2. The van der Waals surface area contributed by atoms with Crippen molar-refractivity contribution in [3.63, 3.8) is 0 Å². The highest BCUT2D eigenvalue weighted by Crippen LogP contribution is 2.29. The van der Waals surface area contributed by atoms with Gasteiger partial charge in [0, 0.05) is 44.0 Å². The molecule has 0 unspecified atom stereocenters. The van der Waals surface area contributed by atoms with Crippen molar-refractivity contribution in [3.8, 4) is 0 Å². The van der Waals surface area contributed by atoms with Gasteiger partial charge < -0.3 is 14.8 Å². The van der Waals surface area contributed by atoms with E-state index < -0.39 is 5.82 Å². The Hall–Kier alpha value is -2.08. The number of halogens is 2. The normalized spacial score (nSPS) is 15.8. The fourth-order valence-electron chi connectivity index (χ4n) is 2.87. The van der Waals surface area contributed by atoms with Gasteiger partial charge >= 0.3 is 0 Å². The van der Waals surface area contributed by atoms with Crippen LogP contribution in [0.15, 0.2) is 18.2 Å². The molecule has 7 heteroatoms. The molecular weight excluding hydrogens is 321 g/mol. The Balaban J connectivity index is 1.85. The molecule has 1 aliphatic rings. The Kier molecular flexibility index (Phi) is 4.26. The lowest BCUT2D eigenvalue weighted by molar-refractivity contribution is -0.128. The first-order chi connectivity index (χ1) is 11.0. The third kappa shape index (κ3) is 3.03. The molecule has 1 aromatic carbocycles. The van der Waals surface area contributed by atoms with Crippen molar-refractivity contribution in [1.29, 1.82) is 0 Å². The summed E-state index contributed by atoms with van der Waals surface area (Å²) in [6, 6.07) is 4.19. The van der Waals surface area contributed by atoms with E-state index in [4.69, 9.17) is 11.6 Å². The zero-order chi connectivity index (χ0) is 16.6. The van der Waals surface area contributed by atoms with E-state index in [0.717, 1.165) is 6.42 Å². The molecule has 1 saturated heterocycles. The highest BCUT2D eigenvalue weighted by atomic mass is 35.5. The summed E-state index contributed by atoms with van der Waals surface area (Å²) in [6.45, 7) is 3.69. The van der Waals surface area contributed by atoms with Crippen LogP contribution in [0, 0.1) is 5.82 Å².